The van der Waals surface area contributed by atoms with Crippen molar-refractivity contribution in [3.8, 4) is 0 Å². The second kappa shape index (κ2) is 11.8. The lowest BCUT2D eigenvalue weighted by Gasteiger charge is -2.22. The zero-order valence-electron chi connectivity index (χ0n) is 14.1. The van der Waals surface area contributed by atoms with Crippen LogP contribution in [0.1, 0.15) is 38.5 Å². The van der Waals surface area contributed by atoms with Gasteiger partial charge in [0.05, 0.1) is 0 Å². The van der Waals surface area contributed by atoms with Gasteiger partial charge in [-0.25, -0.2) is 0 Å². The number of nitrogens with zero attached hydrogens (tertiary/aromatic N) is 2. The maximum absolute atomic E-state index is 4.31. The van der Waals surface area contributed by atoms with Crippen LogP contribution in [0, 0.1) is 5.92 Å². The smallest absolute Gasteiger partial charge is 0.191 e. The monoisotopic (exact) mass is 440 g/mol. The number of unbranched alkanes of at least 4 members (excludes halogenated alkanes) is 1. The Kier molecular flexibility index (Phi) is 10.9. The second-order valence-corrected chi connectivity index (χ2v) is 7.28. The lowest BCUT2D eigenvalue weighted by Crippen LogP contribution is -2.42. The highest BCUT2D eigenvalue weighted by Gasteiger charge is 2.33. The van der Waals surface area contributed by atoms with Gasteiger partial charge in [-0.2, -0.15) is 11.8 Å². The fourth-order valence-electron chi connectivity index (χ4n) is 2.61. The van der Waals surface area contributed by atoms with Crippen LogP contribution < -0.4 is 10.6 Å². The summed E-state index contributed by atoms with van der Waals surface area (Å²) in [5.41, 5.74) is 0. The molecule has 0 heterocycles. The van der Waals surface area contributed by atoms with Crippen LogP contribution in [0.3, 0.4) is 0 Å². The van der Waals surface area contributed by atoms with Gasteiger partial charge in [-0.1, -0.05) is 0 Å². The van der Waals surface area contributed by atoms with Gasteiger partial charge in [-0.3, -0.25) is 9.89 Å². The predicted molar refractivity (Wildman–Crippen MR) is 110 cm³/mol. The molecule has 130 valence electrons. The highest BCUT2D eigenvalue weighted by molar-refractivity contribution is 14.0. The molecule has 2 saturated carbocycles. The van der Waals surface area contributed by atoms with Gasteiger partial charge in [0, 0.05) is 39.3 Å². The number of rotatable bonds is 11. The van der Waals surface area contributed by atoms with Gasteiger partial charge in [0.1, 0.15) is 0 Å². The Morgan fingerprint density at radius 2 is 1.86 bits per heavy atom. The molecule has 0 saturated heterocycles. The molecule has 0 aliphatic heterocycles. The van der Waals surface area contributed by atoms with Gasteiger partial charge in [0.15, 0.2) is 5.96 Å². The first kappa shape index (κ1) is 20.4. The molecule has 0 atom stereocenters. The van der Waals surface area contributed by atoms with E-state index in [0.717, 1.165) is 37.6 Å². The Morgan fingerprint density at radius 3 is 2.45 bits per heavy atom. The molecule has 0 radical (unpaired) electrons. The highest BCUT2D eigenvalue weighted by atomic mass is 127. The largest absolute Gasteiger partial charge is 0.356 e. The molecule has 6 heteroatoms. The molecule has 0 aromatic heterocycles. The molecule has 2 rings (SSSR count). The van der Waals surface area contributed by atoms with Crippen molar-refractivity contribution in [2.75, 3.05) is 45.2 Å². The van der Waals surface area contributed by atoms with Crippen LogP contribution >= 0.6 is 35.7 Å². The molecule has 2 aliphatic carbocycles. The molecule has 0 bridgehead atoms. The van der Waals surface area contributed by atoms with E-state index < -0.39 is 0 Å². The van der Waals surface area contributed by atoms with Crippen LogP contribution in [0.25, 0.3) is 0 Å². The molecule has 22 heavy (non-hydrogen) atoms. The first-order valence-electron chi connectivity index (χ1n) is 8.51. The average molecular weight is 440 g/mol. The third-order valence-electron chi connectivity index (χ3n) is 4.24. The Balaban J connectivity index is 0.00000242. The lowest BCUT2D eigenvalue weighted by atomic mass is 10.3. The van der Waals surface area contributed by atoms with E-state index in [-0.39, 0.29) is 24.0 Å². The third-order valence-corrected chi connectivity index (χ3v) is 4.93. The third kappa shape index (κ3) is 8.82. The van der Waals surface area contributed by atoms with Gasteiger partial charge >= 0.3 is 0 Å². The van der Waals surface area contributed by atoms with E-state index in [4.69, 9.17) is 0 Å². The summed E-state index contributed by atoms with van der Waals surface area (Å²) in [5, 5.41) is 6.87. The Morgan fingerprint density at radius 1 is 1.14 bits per heavy atom. The molecule has 0 amide bonds. The standard InChI is InChI=1S/C16H32N4S.HI/c1-17-16(18-9-3-4-12-21-2)19-10-11-20(15-7-8-15)13-14-5-6-14;/h14-15H,3-13H2,1-2H3,(H2,17,18,19);1H. The summed E-state index contributed by atoms with van der Waals surface area (Å²) in [6.45, 7) is 4.52. The first-order valence-corrected chi connectivity index (χ1v) is 9.90. The molecule has 2 aliphatic rings. The minimum atomic E-state index is 0. The Labute approximate surface area is 157 Å². The van der Waals surface area contributed by atoms with Gasteiger partial charge in [-0.15, -0.1) is 24.0 Å². The number of hydrogen-bond acceptors (Lipinski definition) is 3. The van der Waals surface area contributed by atoms with Crippen molar-refractivity contribution in [2.24, 2.45) is 10.9 Å². The van der Waals surface area contributed by atoms with Crippen molar-refractivity contribution in [3.05, 3.63) is 0 Å². The Hall–Kier alpha value is 0.310. The molecule has 0 spiro atoms. The van der Waals surface area contributed by atoms with Crippen molar-refractivity contribution in [3.63, 3.8) is 0 Å². The van der Waals surface area contributed by atoms with Gasteiger partial charge in [0.2, 0.25) is 0 Å². The van der Waals surface area contributed by atoms with Crippen molar-refractivity contribution >= 4 is 41.7 Å². The quantitative estimate of drug-likeness (QED) is 0.224. The number of aliphatic imine (C=N–C) groups is 1. The van der Waals surface area contributed by atoms with Crippen molar-refractivity contribution < 1.29 is 0 Å². The van der Waals surface area contributed by atoms with E-state index in [2.05, 4.69) is 26.8 Å². The number of guanidine groups is 1. The van der Waals surface area contributed by atoms with Gasteiger partial charge in [-0.05, 0) is 56.5 Å². The van der Waals surface area contributed by atoms with Gasteiger partial charge in [0.25, 0.3) is 0 Å². The summed E-state index contributed by atoms with van der Waals surface area (Å²) in [6, 6.07) is 0.883. The molecule has 0 aromatic carbocycles. The van der Waals surface area contributed by atoms with Crippen LogP contribution in [-0.4, -0.2) is 62.1 Å². The highest BCUT2D eigenvalue weighted by Crippen LogP contribution is 2.34. The zero-order chi connectivity index (χ0) is 14.9. The molecule has 0 aromatic rings. The lowest BCUT2D eigenvalue weighted by molar-refractivity contribution is 0.256. The van der Waals surface area contributed by atoms with E-state index in [1.165, 1.54) is 50.8 Å². The molecular weight excluding hydrogens is 407 g/mol. The minimum absolute atomic E-state index is 0. The first-order chi connectivity index (χ1) is 10.3. The summed E-state index contributed by atoms with van der Waals surface area (Å²) in [6.07, 6.45) is 10.4. The van der Waals surface area contributed by atoms with Crippen LogP contribution in [0.4, 0.5) is 0 Å². The maximum atomic E-state index is 4.31. The van der Waals surface area contributed by atoms with Crippen LogP contribution in [0.2, 0.25) is 0 Å². The Bertz CT molecular complexity index is 319. The second-order valence-electron chi connectivity index (χ2n) is 6.30. The SMILES string of the molecule is CN=C(NCCCCSC)NCCN(CC1CC1)C1CC1.I. The molecule has 4 nitrogen and oxygen atoms in total. The van der Waals surface area contributed by atoms with Crippen molar-refractivity contribution in [1.29, 1.82) is 0 Å². The molecular formula is C16H33IN4S. The summed E-state index contributed by atoms with van der Waals surface area (Å²) in [5.74, 6) is 3.21. The van der Waals surface area contributed by atoms with Crippen molar-refractivity contribution in [2.45, 2.75) is 44.6 Å². The van der Waals surface area contributed by atoms with E-state index in [1.807, 2.05) is 18.8 Å². The van der Waals surface area contributed by atoms with Crippen LogP contribution in [-0.2, 0) is 0 Å². The summed E-state index contributed by atoms with van der Waals surface area (Å²) in [7, 11) is 1.86. The number of hydrogen-bond donors (Lipinski definition) is 2. The topological polar surface area (TPSA) is 39.7 Å². The number of halogens is 1. The van der Waals surface area contributed by atoms with Crippen LogP contribution in [0.5, 0.6) is 0 Å². The van der Waals surface area contributed by atoms with Crippen molar-refractivity contribution in [1.82, 2.24) is 15.5 Å². The molecule has 2 fully saturated rings. The number of nitrogens with one attached hydrogen (secondary N) is 2. The maximum Gasteiger partial charge on any atom is 0.191 e. The predicted octanol–water partition coefficient (Wildman–Crippen LogP) is 2.79. The van der Waals surface area contributed by atoms with Crippen LogP contribution in [0.15, 0.2) is 4.99 Å². The van der Waals surface area contributed by atoms with E-state index in [9.17, 15) is 0 Å². The number of thioether (sulfide) groups is 1. The minimum Gasteiger partial charge on any atom is -0.356 e. The molecule has 2 N–H and O–H groups in total. The van der Waals surface area contributed by atoms with E-state index >= 15 is 0 Å². The molecule has 0 unspecified atom stereocenters. The fraction of sp³-hybridized carbons (Fsp3) is 0.938. The average Bonchev–Trinajstić information content (AvgIpc) is 3.37. The van der Waals surface area contributed by atoms with Gasteiger partial charge < -0.3 is 10.6 Å². The van der Waals surface area contributed by atoms with E-state index in [1.54, 1.807) is 0 Å². The summed E-state index contributed by atoms with van der Waals surface area (Å²) >= 11 is 1.92. The fourth-order valence-corrected chi connectivity index (χ4v) is 3.10. The zero-order valence-corrected chi connectivity index (χ0v) is 17.3. The summed E-state index contributed by atoms with van der Waals surface area (Å²) < 4.78 is 0. The normalized spacial score (nSPS) is 18.2. The summed E-state index contributed by atoms with van der Waals surface area (Å²) in [4.78, 5) is 7.00. The van der Waals surface area contributed by atoms with E-state index in [0.29, 0.717) is 0 Å².